The summed E-state index contributed by atoms with van der Waals surface area (Å²) in [6.45, 7) is 6.35. The third-order valence-corrected chi connectivity index (χ3v) is 1.73. The zero-order valence-corrected chi connectivity index (χ0v) is 8.21. The number of hydrogen-bond acceptors (Lipinski definition) is 3. The molecule has 0 amide bonds. The van der Waals surface area contributed by atoms with E-state index in [1.54, 1.807) is 6.20 Å². The quantitative estimate of drug-likeness (QED) is 0.753. The fraction of sp³-hybridized carbons (Fsp3) is 0.500. The van der Waals surface area contributed by atoms with Gasteiger partial charge in [-0.2, -0.15) is 0 Å². The Kier molecular flexibility index (Phi) is 4.26. The van der Waals surface area contributed by atoms with Gasteiger partial charge in [-0.3, -0.25) is 4.98 Å². The number of nitrogens with one attached hydrogen (secondary N) is 1. The summed E-state index contributed by atoms with van der Waals surface area (Å²) in [7, 11) is 0. The average Bonchev–Trinajstić information content (AvgIpc) is 2.17. The van der Waals surface area contributed by atoms with Crippen molar-refractivity contribution in [1.29, 1.82) is 0 Å². The molecule has 1 rings (SSSR count). The summed E-state index contributed by atoms with van der Waals surface area (Å²) in [4.78, 5) is 4.06. The van der Waals surface area contributed by atoms with E-state index in [1.807, 2.05) is 19.2 Å². The molecule has 3 nitrogen and oxygen atoms in total. The van der Waals surface area contributed by atoms with Crippen molar-refractivity contribution in [3.63, 3.8) is 0 Å². The first-order chi connectivity index (χ1) is 6.38. The summed E-state index contributed by atoms with van der Waals surface area (Å²) in [6.07, 6.45) is 3.63. The predicted molar refractivity (Wildman–Crippen MR) is 53.7 cm³/mol. The van der Waals surface area contributed by atoms with Crippen LogP contribution in [0.15, 0.2) is 18.5 Å². The van der Waals surface area contributed by atoms with E-state index >= 15 is 0 Å². The van der Waals surface area contributed by atoms with E-state index in [1.165, 1.54) is 0 Å². The smallest absolute Gasteiger partial charge is 0.0752 e. The second-order valence-corrected chi connectivity index (χ2v) is 2.70. The van der Waals surface area contributed by atoms with Crippen LogP contribution in [0.5, 0.6) is 0 Å². The monoisotopic (exact) mass is 180 g/mol. The molecular weight excluding hydrogens is 164 g/mol. The molecule has 1 aromatic heterocycles. The van der Waals surface area contributed by atoms with Crippen molar-refractivity contribution < 1.29 is 4.74 Å². The molecule has 1 N–H and O–H groups in total. The van der Waals surface area contributed by atoms with Crippen LogP contribution in [0.2, 0.25) is 0 Å². The van der Waals surface area contributed by atoms with Crippen molar-refractivity contribution in [2.24, 2.45) is 0 Å². The molecule has 0 spiro atoms. The Morgan fingerprint density at radius 3 is 3.00 bits per heavy atom. The molecule has 0 saturated carbocycles. The van der Waals surface area contributed by atoms with Gasteiger partial charge in [0.1, 0.15) is 0 Å². The predicted octanol–water partition coefficient (Wildman–Crippen LogP) is 2.05. The zero-order valence-electron chi connectivity index (χ0n) is 8.21. The van der Waals surface area contributed by atoms with Crippen LogP contribution in [0.25, 0.3) is 0 Å². The van der Waals surface area contributed by atoms with E-state index < -0.39 is 0 Å². The minimum absolute atomic E-state index is 0.632. The first kappa shape index (κ1) is 9.99. The van der Waals surface area contributed by atoms with Crippen molar-refractivity contribution in [2.45, 2.75) is 20.5 Å². The van der Waals surface area contributed by atoms with Crippen molar-refractivity contribution in [3.05, 3.63) is 24.0 Å². The topological polar surface area (TPSA) is 34.2 Å². The van der Waals surface area contributed by atoms with E-state index in [4.69, 9.17) is 4.74 Å². The number of nitrogens with zero attached hydrogens (tertiary/aromatic N) is 1. The Morgan fingerprint density at radius 1 is 1.46 bits per heavy atom. The second-order valence-electron chi connectivity index (χ2n) is 2.70. The number of pyridine rings is 1. The summed E-state index contributed by atoms with van der Waals surface area (Å²) in [5.41, 5.74) is 2.23. The Balaban J connectivity index is 2.66. The maximum atomic E-state index is 5.33. The number of hydrogen-bond donors (Lipinski definition) is 1. The molecule has 0 aliphatic rings. The van der Waals surface area contributed by atoms with E-state index in [9.17, 15) is 0 Å². The summed E-state index contributed by atoms with van der Waals surface area (Å²) < 4.78 is 5.33. The molecule has 0 aliphatic carbocycles. The first-order valence-electron chi connectivity index (χ1n) is 4.63. The molecule has 0 aliphatic heterocycles. The average molecular weight is 180 g/mol. The molecule has 0 fully saturated rings. The van der Waals surface area contributed by atoms with Crippen LogP contribution in [0.3, 0.4) is 0 Å². The minimum atomic E-state index is 0.632. The molecule has 72 valence electrons. The lowest BCUT2D eigenvalue weighted by Crippen LogP contribution is -2.02. The van der Waals surface area contributed by atoms with Crippen molar-refractivity contribution in [1.82, 2.24) is 4.98 Å². The standard InChI is InChI=1S/C10H16N2O/c1-3-12-10-5-6-11-7-9(10)8-13-4-2/h5-7H,3-4,8H2,1-2H3,(H,11,12). The maximum Gasteiger partial charge on any atom is 0.0752 e. The highest BCUT2D eigenvalue weighted by Crippen LogP contribution is 2.13. The molecular formula is C10H16N2O. The third kappa shape index (κ3) is 3.03. The highest BCUT2D eigenvalue weighted by molar-refractivity contribution is 5.48. The van der Waals surface area contributed by atoms with Gasteiger partial charge in [-0.15, -0.1) is 0 Å². The van der Waals surface area contributed by atoms with E-state index in [2.05, 4.69) is 17.2 Å². The van der Waals surface area contributed by atoms with Crippen LogP contribution in [0.1, 0.15) is 19.4 Å². The molecule has 3 heteroatoms. The highest BCUT2D eigenvalue weighted by atomic mass is 16.5. The largest absolute Gasteiger partial charge is 0.385 e. The van der Waals surface area contributed by atoms with Gasteiger partial charge in [0.25, 0.3) is 0 Å². The number of anilines is 1. The molecule has 0 unspecified atom stereocenters. The lowest BCUT2D eigenvalue weighted by Gasteiger charge is -2.09. The summed E-state index contributed by atoms with van der Waals surface area (Å²) in [5, 5.41) is 3.27. The molecule has 0 atom stereocenters. The van der Waals surface area contributed by atoms with Gasteiger partial charge in [0.05, 0.1) is 6.61 Å². The molecule has 0 aromatic carbocycles. The maximum absolute atomic E-state index is 5.33. The highest BCUT2D eigenvalue weighted by Gasteiger charge is 1.99. The van der Waals surface area contributed by atoms with Crippen LogP contribution in [0.4, 0.5) is 5.69 Å². The Labute approximate surface area is 79.1 Å². The Hall–Kier alpha value is -1.09. The van der Waals surface area contributed by atoms with E-state index in [0.717, 1.165) is 24.4 Å². The van der Waals surface area contributed by atoms with Gasteiger partial charge in [0.2, 0.25) is 0 Å². The third-order valence-electron chi connectivity index (χ3n) is 1.73. The van der Waals surface area contributed by atoms with Crippen LogP contribution in [-0.2, 0) is 11.3 Å². The lowest BCUT2D eigenvalue weighted by molar-refractivity contribution is 0.134. The molecule has 0 radical (unpaired) electrons. The SMILES string of the molecule is CCNc1ccncc1COCC. The summed E-state index contributed by atoms with van der Waals surface area (Å²) >= 11 is 0. The molecule has 0 bridgehead atoms. The van der Waals surface area contributed by atoms with Crippen LogP contribution < -0.4 is 5.32 Å². The second kappa shape index (κ2) is 5.54. The first-order valence-corrected chi connectivity index (χ1v) is 4.63. The van der Waals surface area contributed by atoms with Gasteiger partial charge >= 0.3 is 0 Å². The van der Waals surface area contributed by atoms with Crippen LogP contribution >= 0.6 is 0 Å². The number of aromatic nitrogens is 1. The van der Waals surface area contributed by atoms with E-state index in [-0.39, 0.29) is 0 Å². The van der Waals surface area contributed by atoms with Gasteiger partial charge in [-0.1, -0.05) is 0 Å². The van der Waals surface area contributed by atoms with Gasteiger partial charge in [-0.25, -0.2) is 0 Å². The van der Waals surface area contributed by atoms with Crippen LogP contribution in [0, 0.1) is 0 Å². The molecule has 0 saturated heterocycles. The van der Waals surface area contributed by atoms with Gasteiger partial charge in [0.15, 0.2) is 0 Å². The molecule has 1 aromatic rings. The summed E-state index contributed by atoms with van der Waals surface area (Å²) in [5.74, 6) is 0. The molecule has 1 heterocycles. The van der Waals surface area contributed by atoms with Crippen molar-refractivity contribution >= 4 is 5.69 Å². The minimum Gasteiger partial charge on any atom is -0.385 e. The van der Waals surface area contributed by atoms with E-state index in [0.29, 0.717) is 6.61 Å². The fourth-order valence-corrected chi connectivity index (χ4v) is 1.12. The lowest BCUT2D eigenvalue weighted by atomic mass is 10.2. The molecule has 13 heavy (non-hydrogen) atoms. The number of ether oxygens (including phenoxy) is 1. The Morgan fingerprint density at radius 2 is 2.31 bits per heavy atom. The van der Waals surface area contributed by atoms with Gasteiger partial charge in [-0.05, 0) is 19.9 Å². The van der Waals surface area contributed by atoms with Crippen molar-refractivity contribution in [3.8, 4) is 0 Å². The summed E-state index contributed by atoms with van der Waals surface area (Å²) in [6, 6.07) is 1.97. The van der Waals surface area contributed by atoms with Gasteiger partial charge in [0, 0.05) is 36.8 Å². The fourth-order valence-electron chi connectivity index (χ4n) is 1.12. The number of rotatable bonds is 5. The van der Waals surface area contributed by atoms with Crippen LogP contribution in [-0.4, -0.2) is 18.1 Å². The zero-order chi connectivity index (χ0) is 9.52. The van der Waals surface area contributed by atoms with Gasteiger partial charge < -0.3 is 10.1 Å². The van der Waals surface area contributed by atoms with Crippen molar-refractivity contribution in [2.75, 3.05) is 18.5 Å². The normalized spacial score (nSPS) is 10.0. The Bertz CT molecular complexity index is 250.